The summed E-state index contributed by atoms with van der Waals surface area (Å²) in [7, 11) is 3.36. The van der Waals surface area contributed by atoms with E-state index in [9.17, 15) is 0 Å². The second-order valence-corrected chi connectivity index (χ2v) is 8.58. The van der Waals surface area contributed by atoms with Crippen molar-refractivity contribution in [2.24, 2.45) is 10.9 Å². The van der Waals surface area contributed by atoms with Crippen molar-refractivity contribution in [2.45, 2.75) is 46.7 Å². The quantitative estimate of drug-likeness (QED) is 0.273. The molecule has 1 aliphatic heterocycles. The number of aliphatic imine (C=N–C) groups is 1. The van der Waals surface area contributed by atoms with Crippen LogP contribution < -0.4 is 25.0 Å². The number of hydrogen-bond donors (Lipinski definition) is 2. The summed E-state index contributed by atoms with van der Waals surface area (Å²) in [4.78, 5) is 7.22. The number of guanidine groups is 1. The lowest BCUT2D eigenvalue weighted by atomic mass is 10.2. The molecule has 0 amide bonds. The number of anilines is 1. The Morgan fingerprint density at radius 3 is 2.45 bits per heavy atom. The third kappa shape index (κ3) is 7.68. The molecule has 2 N–H and O–H groups in total. The van der Waals surface area contributed by atoms with Gasteiger partial charge in [0.2, 0.25) is 0 Å². The molecule has 1 aromatic carbocycles. The summed E-state index contributed by atoms with van der Waals surface area (Å²) in [5.74, 6) is 2.89. The van der Waals surface area contributed by atoms with Crippen molar-refractivity contribution in [3.05, 3.63) is 35.7 Å². The highest BCUT2D eigenvalue weighted by atomic mass is 127. The first-order chi connectivity index (χ1) is 15.4. The molecule has 0 spiro atoms. The van der Waals surface area contributed by atoms with Crippen molar-refractivity contribution in [1.29, 1.82) is 0 Å². The summed E-state index contributed by atoms with van der Waals surface area (Å²) in [6.45, 7) is 12.8. The number of nitrogens with zero attached hydrogens (tertiary/aromatic N) is 4. The predicted molar refractivity (Wildman–Crippen MR) is 146 cm³/mol. The van der Waals surface area contributed by atoms with E-state index >= 15 is 0 Å². The molecule has 2 aromatic rings. The Morgan fingerprint density at radius 2 is 1.88 bits per heavy atom. The van der Waals surface area contributed by atoms with Gasteiger partial charge in [0.1, 0.15) is 11.5 Å². The average molecular weight is 571 g/mol. The summed E-state index contributed by atoms with van der Waals surface area (Å²) in [6, 6.07) is 8.47. The number of rotatable bonds is 9. The van der Waals surface area contributed by atoms with Gasteiger partial charge in [0.25, 0.3) is 0 Å². The molecule has 2 heterocycles. The molecule has 0 saturated carbocycles. The van der Waals surface area contributed by atoms with Crippen LogP contribution >= 0.6 is 24.0 Å². The van der Waals surface area contributed by atoms with E-state index in [4.69, 9.17) is 14.5 Å². The molecule has 184 valence electrons. The van der Waals surface area contributed by atoms with Crippen molar-refractivity contribution in [2.75, 3.05) is 45.3 Å². The van der Waals surface area contributed by atoms with Gasteiger partial charge < -0.3 is 25.0 Å². The Balaban J connectivity index is 0.00000385. The van der Waals surface area contributed by atoms with Gasteiger partial charge in [-0.25, -0.2) is 0 Å². The number of hydrogen-bond acceptors (Lipinski definition) is 5. The zero-order valence-electron chi connectivity index (χ0n) is 20.7. The fraction of sp³-hybridized carbons (Fsp3) is 0.583. The van der Waals surface area contributed by atoms with Crippen LogP contribution in [0, 0.1) is 19.8 Å². The summed E-state index contributed by atoms with van der Waals surface area (Å²) < 4.78 is 12.9. The summed E-state index contributed by atoms with van der Waals surface area (Å²) in [6.07, 6.45) is 1.05. The Hall–Kier alpha value is -2.17. The number of benzene rings is 1. The molecule has 0 bridgehead atoms. The normalized spacial score (nSPS) is 16.8. The minimum Gasteiger partial charge on any atom is -0.497 e. The summed E-state index contributed by atoms with van der Waals surface area (Å²) in [5, 5.41) is 11.6. The molecule has 1 saturated heterocycles. The molecular weight excluding hydrogens is 531 g/mol. The molecule has 3 rings (SSSR count). The molecule has 33 heavy (non-hydrogen) atoms. The van der Waals surface area contributed by atoms with Gasteiger partial charge in [0, 0.05) is 68.3 Å². The largest absolute Gasteiger partial charge is 0.497 e. The Bertz CT molecular complexity index is 894. The highest BCUT2D eigenvalue weighted by Gasteiger charge is 2.24. The number of halogens is 1. The van der Waals surface area contributed by atoms with Crippen LogP contribution in [-0.2, 0) is 6.54 Å². The SMILES string of the molecule is CCNC(=NCC(C)Cn1nc(C)cc1C)NC1CCN(c2cc(OC)cc(OC)c2)C1.I. The van der Waals surface area contributed by atoms with Crippen LogP contribution in [0.5, 0.6) is 11.5 Å². The van der Waals surface area contributed by atoms with E-state index in [1.807, 2.05) is 13.0 Å². The monoisotopic (exact) mass is 570 g/mol. The third-order valence-electron chi connectivity index (χ3n) is 5.72. The first-order valence-corrected chi connectivity index (χ1v) is 11.5. The lowest BCUT2D eigenvalue weighted by Gasteiger charge is -2.22. The Labute approximate surface area is 215 Å². The van der Waals surface area contributed by atoms with Crippen LogP contribution in [-0.4, -0.2) is 62.2 Å². The first-order valence-electron chi connectivity index (χ1n) is 11.5. The third-order valence-corrected chi connectivity index (χ3v) is 5.72. The van der Waals surface area contributed by atoms with Crippen LogP contribution in [0.3, 0.4) is 0 Å². The van der Waals surface area contributed by atoms with Gasteiger partial charge >= 0.3 is 0 Å². The Morgan fingerprint density at radius 1 is 1.18 bits per heavy atom. The number of methoxy groups -OCH3 is 2. The fourth-order valence-electron chi connectivity index (χ4n) is 4.06. The van der Waals surface area contributed by atoms with Gasteiger partial charge in [0.15, 0.2) is 5.96 Å². The smallest absolute Gasteiger partial charge is 0.191 e. The van der Waals surface area contributed by atoms with Crippen LogP contribution in [0.4, 0.5) is 5.69 Å². The van der Waals surface area contributed by atoms with Crippen LogP contribution in [0.15, 0.2) is 29.3 Å². The molecule has 2 unspecified atom stereocenters. The molecule has 1 aliphatic rings. The maximum absolute atomic E-state index is 5.43. The van der Waals surface area contributed by atoms with Crippen molar-refractivity contribution in [1.82, 2.24) is 20.4 Å². The maximum Gasteiger partial charge on any atom is 0.191 e. The predicted octanol–water partition coefficient (Wildman–Crippen LogP) is 3.61. The molecule has 0 aliphatic carbocycles. The van der Waals surface area contributed by atoms with E-state index in [0.717, 1.165) is 68.0 Å². The number of nitrogens with one attached hydrogen (secondary N) is 2. The Kier molecular flexibility index (Phi) is 10.6. The minimum atomic E-state index is 0. The maximum atomic E-state index is 5.43. The lowest BCUT2D eigenvalue weighted by molar-refractivity contribution is 0.394. The van der Waals surface area contributed by atoms with E-state index in [1.165, 1.54) is 5.69 Å². The van der Waals surface area contributed by atoms with Gasteiger partial charge in [-0.15, -0.1) is 24.0 Å². The molecular formula is C24H39IN6O2. The van der Waals surface area contributed by atoms with E-state index < -0.39 is 0 Å². The van der Waals surface area contributed by atoms with Gasteiger partial charge in [-0.3, -0.25) is 9.67 Å². The number of aromatic nitrogens is 2. The second kappa shape index (κ2) is 12.9. The van der Waals surface area contributed by atoms with Gasteiger partial charge in [-0.05, 0) is 39.2 Å². The highest BCUT2D eigenvalue weighted by Crippen LogP contribution is 2.30. The van der Waals surface area contributed by atoms with E-state index in [1.54, 1.807) is 14.2 Å². The minimum absolute atomic E-state index is 0. The molecule has 1 aromatic heterocycles. The molecule has 9 heteroatoms. The number of aryl methyl sites for hydroxylation is 2. The second-order valence-electron chi connectivity index (χ2n) is 8.58. The van der Waals surface area contributed by atoms with Crippen LogP contribution in [0.25, 0.3) is 0 Å². The summed E-state index contributed by atoms with van der Waals surface area (Å²) >= 11 is 0. The van der Waals surface area contributed by atoms with Crippen molar-refractivity contribution >= 4 is 35.6 Å². The molecule has 8 nitrogen and oxygen atoms in total. The summed E-state index contributed by atoms with van der Waals surface area (Å²) in [5.41, 5.74) is 3.38. The molecule has 0 radical (unpaired) electrons. The molecule has 2 atom stereocenters. The fourth-order valence-corrected chi connectivity index (χ4v) is 4.06. The zero-order valence-corrected chi connectivity index (χ0v) is 23.1. The molecule has 1 fully saturated rings. The van der Waals surface area contributed by atoms with Crippen molar-refractivity contribution in [3.63, 3.8) is 0 Å². The topological polar surface area (TPSA) is 75.9 Å². The van der Waals surface area contributed by atoms with E-state index in [0.29, 0.717) is 12.0 Å². The van der Waals surface area contributed by atoms with Crippen LogP contribution in [0.1, 0.15) is 31.7 Å². The zero-order chi connectivity index (χ0) is 23.1. The van der Waals surface area contributed by atoms with Crippen LogP contribution in [0.2, 0.25) is 0 Å². The van der Waals surface area contributed by atoms with Gasteiger partial charge in [-0.2, -0.15) is 5.10 Å². The highest BCUT2D eigenvalue weighted by molar-refractivity contribution is 14.0. The van der Waals surface area contributed by atoms with E-state index in [2.05, 4.69) is 64.3 Å². The standard InChI is InChI=1S/C24H38N6O2.HI/c1-7-25-24(26-14-17(2)15-30-19(4)10-18(3)28-30)27-20-8-9-29(16-20)21-11-22(31-5)13-23(12-21)32-6;/h10-13,17,20H,7-9,14-16H2,1-6H3,(H2,25,26,27);1H. The number of ether oxygens (including phenoxy) is 2. The van der Waals surface area contributed by atoms with Crippen molar-refractivity contribution in [3.8, 4) is 11.5 Å². The lowest BCUT2D eigenvalue weighted by Crippen LogP contribution is -2.44. The first kappa shape index (κ1) is 27.1. The van der Waals surface area contributed by atoms with Gasteiger partial charge in [0.05, 0.1) is 19.9 Å². The van der Waals surface area contributed by atoms with Crippen molar-refractivity contribution < 1.29 is 9.47 Å². The van der Waals surface area contributed by atoms with E-state index in [-0.39, 0.29) is 24.0 Å². The van der Waals surface area contributed by atoms with Gasteiger partial charge in [-0.1, -0.05) is 6.92 Å². The average Bonchev–Trinajstić information content (AvgIpc) is 3.37.